The van der Waals surface area contributed by atoms with E-state index < -0.39 is 0 Å². The van der Waals surface area contributed by atoms with Crippen LogP contribution in [0.25, 0.3) is 0 Å². The molecule has 3 rings (SSSR count). The van der Waals surface area contributed by atoms with E-state index in [-0.39, 0.29) is 5.97 Å². The molecule has 0 saturated heterocycles. The Labute approximate surface area is 110 Å². The molecule has 1 aromatic carbocycles. The van der Waals surface area contributed by atoms with Gasteiger partial charge in [0.15, 0.2) is 0 Å². The zero-order chi connectivity index (χ0) is 12.5. The van der Waals surface area contributed by atoms with Crippen LogP contribution in [0.4, 0.5) is 0 Å². The van der Waals surface area contributed by atoms with Gasteiger partial charge in [0.2, 0.25) is 0 Å². The summed E-state index contributed by atoms with van der Waals surface area (Å²) in [6.07, 6.45) is 1.28. The first-order valence-electron chi connectivity index (χ1n) is 5.98. The average molecular weight is 265 g/mol. The van der Waals surface area contributed by atoms with Crippen LogP contribution in [0.15, 0.2) is 23.3 Å². The largest absolute Gasteiger partial charge is 0.426 e. The molecule has 0 radical (unpaired) electrons. The molecule has 0 atom stereocenters. The normalized spacial score (nSPS) is 17.7. The molecule has 1 aromatic rings. The summed E-state index contributed by atoms with van der Waals surface area (Å²) in [5.74, 6) is 1.08. The lowest BCUT2D eigenvalue weighted by molar-refractivity contribution is -0.131. The van der Waals surface area contributed by atoms with Gasteiger partial charge >= 0.3 is 5.97 Å². The molecule has 0 fully saturated rings. The zero-order valence-corrected chi connectivity index (χ0v) is 10.6. The Kier molecular flexibility index (Phi) is 2.96. The van der Waals surface area contributed by atoms with E-state index in [1.165, 1.54) is 0 Å². The predicted molar refractivity (Wildman–Crippen MR) is 69.2 cm³/mol. The van der Waals surface area contributed by atoms with Gasteiger partial charge in [-0.2, -0.15) is 5.10 Å². The van der Waals surface area contributed by atoms with E-state index in [2.05, 4.69) is 5.10 Å². The van der Waals surface area contributed by atoms with Crippen molar-refractivity contribution < 1.29 is 9.53 Å². The van der Waals surface area contributed by atoms with Crippen LogP contribution < -0.4 is 4.74 Å². The molecular weight excluding hydrogens is 252 g/mol. The van der Waals surface area contributed by atoms with Crippen molar-refractivity contribution in [1.82, 2.24) is 5.01 Å². The highest BCUT2D eigenvalue weighted by Gasteiger charge is 2.22. The molecule has 5 heteroatoms. The summed E-state index contributed by atoms with van der Waals surface area (Å²) in [6.45, 7) is 1.67. The Morgan fingerprint density at radius 1 is 1.44 bits per heavy atom. The van der Waals surface area contributed by atoms with Gasteiger partial charge in [-0.15, -0.1) is 11.6 Å². The molecule has 0 unspecified atom stereocenters. The molecule has 0 bridgehead atoms. The highest BCUT2D eigenvalue weighted by Crippen LogP contribution is 2.28. The Morgan fingerprint density at radius 3 is 3.17 bits per heavy atom. The van der Waals surface area contributed by atoms with E-state index in [1.54, 1.807) is 0 Å². The van der Waals surface area contributed by atoms with Crippen LogP contribution in [0.2, 0.25) is 0 Å². The van der Waals surface area contributed by atoms with Gasteiger partial charge < -0.3 is 4.74 Å². The number of hydrogen-bond acceptors (Lipinski definition) is 4. The van der Waals surface area contributed by atoms with E-state index in [0.29, 0.717) is 18.1 Å². The smallest absolute Gasteiger partial charge is 0.315 e. The third-order valence-corrected chi connectivity index (χ3v) is 3.34. The lowest BCUT2D eigenvalue weighted by Gasteiger charge is -2.09. The van der Waals surface area contributed by atoms with Crippen LogP contribution >= 0.6 is 11.6 Å². The number of carbonyl (C=O) groups is 1. The highest BCUT2D eigenvalue weighted by atomic mass is 35.5. The van der Waals surface area contributed by atoms with Gasteiger partial charge in [0.1, 0.15) is 5.75 Å². The Hall–Kier alpha value is -1.55. The van der Waals surface area contributed by atoms with Gasteiger partial charge in [-0.05, 0) is 6.07 Å². The summed E-state index contributed by atoms with van der Waals surface area (Å²) in [7, 11) is 0. The minimum atomic E-state index is -0.181. The number of ether oxygens (including phenoxy) is 1. The van der Waals surface area contributed by atoms with Crippen molar-refractivity contribution in [3.05, 3.63) is 29.3 Å². The van der Waals surface area contributed by atoms with Crippen molar-refractivity contribution >= 4 is 23.3 Å². The van der Waals surface area contributed by atoms with Crippen LogP contribution in [0.1, 0.15) is 17.5 Å². The summed E-state index contributed by atoms with van der Waals surface area (Å²) in [4.78, 5) is 11.2. The maximum atomic E-state index is 11.2. The Balaban J connectivity index is 1.84. The number of hydrogen-bond donors (Lipinski definition) is 0. The van der Waals surface area contributed by atoms with Crippen molar-refractivity contribution in [2.24, 2.45) is 5.10 Å². The summed E-state index contributed by atoms with van der Waals surface area (Å²) in [6, 6.07) is 5.86. The van der Waals surface area contributed by atoms with Crippen LogP contribution in [-0.4, -0.2) is 35.7 Å². The van der Waals surface area contributed by atoms with Gasteiger partial charge in [-0.1, -0.05) is 12.1 Å². The third-order valence-electron chi connectivity index (χ3n) is 3.17. The summed E-state index contributed by atoms with van der Waals surface area (Å²) >= 11 is 5.70. The van der Waals surface area contributed by atoms with Crippen LogP contribution in [-0.2, 0) is 11.2 Å². The standard InChI is InChI=1S/C13H13ClN2O2/c14-4-6-16-5-3-11(15-16)9-1-2-10-8-13(17)18-12(10)7-9/h1-2,7H,3-6,8H2. The molecule has 0 spiro atoms. The number of alkyl halides is 1. The quantitative estimate of drug-likeness (QED) is 0.475. The maximum Gasteiger partial charge on any atom is 0.315 e. The predicted octanol–water partition coefficient (Wildman–Crippen LogP) is 1.80. The fraction of sp³-hybridized carbons (Fsp3) is 0.385. The van der Waals surface area contributed by atoms with E-state index in [1.807, 2.05) is 23.2 Å². The Morgan fingerprint density at radius 2 is 2.33 bits per heavy atom. The van der Waals surface area contributed by atoms with E-state index in [4.69, 9.17) is 16.3 Å². The average Bonchev–Trinajstić information content (AvgIpc) is 2.93. The van der Waals surface area contributed by atoms with Crippen LogP contribution in [0.3, 0.4) is 0 Å². The molecule has 0 saturated carbocycles. The van der Waals surface area contributed by atoms with Crippen LogP contribution in [0.5, 0.6) is 5.75 Å². The Bertz CT molecular complexity index is 528. The molecule has 2 aliphatic rings. The molecule has 94 valence electrons. The summed E-state index contributed by atoms with van der Waals surface area (Å²) in [5, 5.41) is 6.49. The maximum absolute atomic E-state index is 11.2. The fourth-order valence-corrected chi connectivity index (χ4v) is 2.45. The van der Waals surface area contributed by atoms with Gasteiger partial charge in [0.25, 0.3) is 0 Å². The monoisotopic (exact) mass is 264 g/mol. The van der Waals surface area contributed by atoms with Gasteiger partial charge in [0, 0.05) is 36.5 Å². The molecule has 4 nitrogen and oxygen atoms in total. The van der Waals surface area contributed by atoms with Crippen molar-refractivity contribution in [2.75, 3.05) is 19.0 Å². The number of fused-ring (bicyclic) bond motifs is 1. The van der Waals surface area contributed by atoms with E-state index in [0.717, 1.165) is 36.3 Å². The second-order valence-corrected chi connectivity index (χ2v) is 4.79. The molecule has 2 heterocycles. The van der Waals surface area contributed by atoms with Crippen molar-refractivity contribution in [1.29, 1.82) is 0 Å². The van der Waals surface area contributed by atoms with Crippen molar-refractivity contribution in [2.45, 2.75) is 12.8 Å². The fourth-order valence-electron chi connectivity index (χ4n) is 2.26. The number of rotatable bonds is 3. The van der Waals surface area contributed by atoms with Gasteiger partial charge in [0.05, 0.1) is 12.1 Å². The number of benzene rings is 1. The summed E-state index contributed by atoms with van der Waals surface area (Å²) in [5.41, 5.74) is 3.02. The third kappa shape index (κ3) is 2.08. The molecule has 0 amide bonds. The number of carbonyl (C=O) groups excluding carboxylic acids is 1. The number of hydrazone groups is 1. The number of halogens is 1. The van der Waals surface area contributed by atoms with Crippen molar-refractivity contribution in [3.63, 3.8) is 0 Å². The van der Waals surface area contributed by atoms with Crippen molar-refractivity contribution in [3.8, 4) is 5.75 Å². The first-order valence-corrected chi connectivity index (χ1v) is 6.52. The second kappa shape index (κ2) is 4.61. The molecule has 18 heavy (non-hydrogen) atoms. The van der Waals surface area contributed by atoms with E-state index in [9.17, 15) is 4.79 Å². The SMILES string of the molecule is O=C1Cc2ccc(C3=NN(CCCl)CC3)cc2O1. The lowest BCUT2D eigenvalue weighted by atomic mass is 10.0. The highest BCUT2D eigenvalue weighted by molar-refractivity contribution is 6.18. The molecule has 2 aliphatic heterocycles. The first-order chi connectivity index (χ1) is 8.76. The molecule has 0 aromatic heterocycles. The summed E-state index contributed by atoms with van der Waals surface area (Å²) < 4.78 is 5.15. The first kappa shape index (κ1) is 11.5. The second-order valence-electron chi connectivity index (χ2n) is 4.41. The zero-order valence-electron chi connectivity index (χ0n) is 9.86. The number of nitrogens with zero attached hydrogens (tertiary/aromatic N) is 2. The minimum Gasteiger partial charge on any atom is -0.426 e. The molecule has 0 N–H and O–H groups in total. The molecular formula is C13H13ClN2O2. The molecule has 0 aliphatic carbocycles. The number of esters is 1. The minimum absolute atomic E-state index is 0.181. The van der Waals surface area contributed by atoms with E-state index >= 15 is 0 Å². The van der Waals surface area contributed by atoms with Gasteiger partial charge in [-0.3, -0.25) is 9.80 Å². The topological polar surface area (TPSA) is 41.9 Å². The van der Waals surface area contributed by atoms with Crippen LogP contribution in [0, 0.1) is 0 Å². The lowest BCUT2D eigenvalue weighted by Crippen LogP contribution is -2.16. The van der Waals surface area contributed by atoms with Gasteiger partial charge in [-0.25, -0.2) is 0 Å².